The Labute approximate surface area is 97.8 Å². The van der Waals surface area contributed by atoms with Crippen LogP contribution in [0.5, 0.6) is 5.75 Å². The Bertz CT molecular complexity index is 486. The molecule has 0 spiro atoms. The maximum Gasteiger partial charge on any atom is 0.261 e. The Hall–Kier alpha value is -1.27. The SMILES string of the molecule is COc1ccc(S(=O)(=O)Cl)cc1CNC=O. The summed E-state index contributed by atoms with van der Waals surface area (Å²) in [5.41, 5.74) is 0.538. The first-order valence-corrected chi connectivity index (χ1v) is 6.58. The first kappa shape index (κ1) is 12.8. The average Bonchev–Trinajstić information content (AvgIpc) is 2.24. The van der Waals surface area contributed by atoms with Gasteiger partial charge in [-0.15, -0.1) is 0 Å². The molecule has 0 aliphatic carbocycles. The number of hydrogen-bond donors (Lipinski definition) is 1. The molecule has 0 saturated heterocycles. The number of benzene rings is 1. The predicted molar refractivity (Wildman–Crippen MR) is 58.9 cm³/mol. The number of methoxy groups -OCH3 is 1. The Balaban J connectivity index is 3.16. The molecule has 0 heterocycles. The van der Waals surface area contributed by atoms with Gasteiger partial charge in [0.1, 0.15) is 5.75 Å². The molecule has 0 aromatic heterocycles. The van der Waals surface area contributed by atoms with Gasteiger partial charge in [0.15, 0.2) is 0 Å². The van der Waals surface area contributed by atoms with Gasteiger partial charge in [-0.05, 0) is 18.2 Å². The van der Waals surface area contributed by atoms with Crippen LogP contribution in [0, 0.1) is 0 Å². The first-order valence-electron chi connectivity index (χ1n) is 4.27. The summed E-state index contributed by atoms with van der Waals surface area (Å²) in [4.78, 5) is 10.1. The van der Waals surface area contributed by atoms with Gasteiger partial charge >= 0.3 is 0 Å². The molecule has 1 N–H and O–H groups in total. The Morgan fingerprint density at radius 1 is 1.50 bits per heavy atom. The second-order valence-corrected chi connectivity index (χ2v) is 5.48. The van der Waals surface area contributed by atoms with Gasteiger partial charge in [-0.2, -0.15) is 0 Å². The summed E-state index contributed by atoms with van der Waals surface area (Å²) in [7, 11) is 2.88. The number of amides is 1. The summed E-state index contributed by atoms with van der Waals surface area (Å²) in [6.45, 7) is 0.174. The summed E-state index contributed by atoms with van der Waals surface area (Å²) < 4.78 is 27.2. The number of carbonyl (C=O) groups excluding carboxylic acids is 1. The average molecular weight is 264 g/mol. The van der Waals surface area contributed by atoms with Crippen molar-refractivity contribution in [2.75, 3.05) is 7.11 Å². The Morgan fingerprint density at radius 3 is 2.69 bits per heavy atom. The molecule has 88 valence electrons. The van der Waals surface area contributed by atoms with E-state index in [1.54, 1.807) is 0 Å². The van der Waals surface area contributed by atoms with Crippen LogP contribution in [-0.4, -0.2) is 21.9 Å². The molecule has 1 amide bonds. The van der Waals surface area contributed by atoms with Crippen LogP contribution in [0.4, 0.5) is 0 Å². The topological polar surface area (TPSA) is 72.5 Å². The van der Waals surface area contributed by atoms with E-state index in [-0.39, 0.29) is 11.4 Å². The molecule has 0 saturated carbocycles. The minimum atomic E-state index is -3.77. The molecule has 7 heteroatoms. The smallest absolute Gasteiger partial charge is 0.261 e. The number of nitrogens with one attached hydrogen (secondary N) is 1. The minimum Gasteiger partial charge on any atom is -0.496 e. The monoisotopic (exact) mass is 263 g/mol. The van der Waals surface area contributed by atoms with Gasteiger partial charge in [0.25, 0.3) is 9.05 Å². The highest BCUT2D eigenvalue weighted by molar-refractivity contribution is 8.13. The summed E-state index contributed by atoms with van der Waals surface area (Å²) in [6, 6.07) is 4.18. The van der Waals surface area contributed by atoms with Crippen LogP contribution < -0.4 is 10.1 Å². The molecule has 1 aromatic carbocycles. The zero-order chi connectivity index (χ0) is 12.2. The number of ether oxygens (including phenoxy) is 1. The molecule has 16 heavy (non-hydrogen) atoms. The van der Waals surface area contributed by atoms with E-state index in [1.165, 1.54) is 25.3 Å². The highest BCUT2D eigenvalue weighted by Crippen LogP contribution is 2.24. The van der Waals surface area contributed by atoms with Crippen LogP contribution in [0.15, 0.2) is 23.1 Å². The maximum atomic E-state index is 11.1. The fraction of sp³-hybridized carbons (Fsp3) is 0.222. The zero-order valence-corrected chi connectivity index (χ0v) is 10.0. The quantitative estimate of drug-likeness (QED) is 0.632. The largest absolute Gasteiger partial charge is 0.496 e. The van der Waals surface area contributed by atoms with E-state index in [9.17, 15) is 13.2 Å². The zero-order valence-electron chi connectivity index (χ0n) is 8.44. The third kappa shape index (κ3) is 3.11. The van der Waals surface area contributed by atoms with Crippen LogP contribution in [-0.2, 0) is 20.4 Å². The molecule has 5 nitrogen and oxygen atoms in total. The molecule has 1 aromatic rings. The van der Waals surface area contributed by atoms with Crippen molar-refractivity contribution in [1.82, 2.24) is 5.32 Å². The lowest BCUT2D eigenvalue weighted by Gasteiger charge is -2.08. The molecular formula is C9H10ClNO4S. The number of rotatable bonds is 5. The molecule has 0 aliphatic heterocycles. The van der Waals surface area contributed by atoms with E-state index in [0.717, 1.165) is 0 Å². The third-order valence-corrected chi connectivity index (χ3v) is 3.26. The van der Waals surface area contributed by atoms with Gasteiger partial charge < -0.3 is 10.1 Å². The van der Waals surface area contributed by atoms with E-state index in [2.05, 4.69) is 5.32 Å². The molecular weight excluding hydrogens is 254 g/mol. The number of carbonyl (C=O) groups is 1. The second kappa shape index (κ2) is 5.18. The second-order valence-electron chi connectivity index (χ2n) is 2.91. The van der Waals surface area contributed by atoms with E-state index >= 15 is 0 Å². The van der Waals surface area contributed by atoms with Crippen molar-refractivity contribution in [1.29, 1.82) is 0 Å². The van der Waals surface area contributed by atoms with E-state index < -0.39 is 9.05 Å². The molecule has 0 aliphatic rings. The predicted octanol–water partition coefficient (Wildman–Crippen LogP) is 0.869. The molecule has 0 atom stereocenters. The highest BCUT2D eigenvalue weighted by Gasteiger charge is 2.13. The van der Waals surface area contributed by atoms with Crippen molar-refractivity contribution in [3.05, 3.63) is 23.8 Å². The normalized spacial score (nSPS) is 10.9. The van der Waals surface area contributed by atoms with Crippen LogP contribution in [0.3, 0.4) is 0 Å². The van der Waals surface area contributed by atoms with E-state index in [1.807, 2.05) is 0 Å². The van der Waals surface area contributed by atoms with Crippen LogP contribution >= 0.6 is 10.7 Å². The standard InChI is InChI=1S/C9H10ClNO4S/c1-15-9-3-2-8(16(10,13)14)4-7(9)5-11-6-12/h2-4,6H,5H2,1H3,(H,11,12). The number of halogens is 1. The summed E-state index contributed by atoms with van der Waals surface area (Å²) in [5.74, 6) is 0.485. The van der Waals surface area contributed by atoms with E-state index in [4.69, 9.17) is 15.4 Å². The van der Waals surface area contributed by atoms with Gasteiger partial charge in [-0.1, -0.05) is 0 Å². The molecule has 0 unspecified atom stereocenters. The van der Waals surface area contributed by atoms with Gasteiger partial charge in [0.2, 0.25) is 6.41 Å². The van der Waals surface area contributed by atoms with Crippen molar-refractivity contribution < 1.29 is 17.9 Å². The Kier molecular flexibility index (Phi) is 4.14. The van der Waals surface area contributed by atoms with Crippen molar-refractivity contribution in [3.63, 3.8) is 0 Å². The maximum absolute atomic E-state index is 11.1. The lowest BCUT2D eigenvalue weighted by molar-refractivity contribution is -0.109. The lowest BCUT2D eigenvalue weighted by atomic mass is 10.2. The Morgan fingerprint density at radius 2 is 2.19 bits per heavy atom. The fourth-order valence-electron chi connectivity index (χ4n) is 1.20. The van der Waals surface area contributed by atoms with Crippen LogP contribution in [0.25, 0.3) is 0 Å². The van der Waals surface area contributed by atoms with Gasteiger partial charge in [0, 0.05) is 22.8 Å². The molecule has 0 radical (unpaired) electrons. The lowest BCUT2D eigenvalue weighted by Crippen LogP contribution is -2.11. The van der Waals surface area contributed by atoms with Gasteiger partial charge in [-0.25, -0.2) is 8.42 Å². The fourth-order valence-corrected chi connectivity index (χ4v) is 2.00. The van der Waals surface area contributed by atoms with Crippen molar-refractivity contribution in [2.24, 2.45) is 0 Å². The molecule has 0 bridgehead atoms. The van der Waals surface area contributed by atoms with Crippen LogP contribution in [0.2, 0.25) is 0 Å². The summed E-state index contributed by atoms with van der Waals surface area (Å²) in [6.07, 6.45) is 0.515. The third-order valence-electron chi connectivity index (χ3n) is 1.91. The summed E-state index contributed by atoms with van der Waals surface area (Å²) >= 11 is 0. The van der Waals surface area contributed by atoms with Crippen molar-refractivity contribution in [3.8, 4) is 5.75 Å². The van der Waals surface area contributed by atoms with E-state index in [0.29, 0.717) is 17.7 Å². The van der Waals surface area contributed by atoms with Crippen molar-refractivity contribution in [2.45, 2.75) is 11.4 Å². The summed E-state index contributed by atoms with van der Waals surface area (Å²) in [5, 5.41) is 2.42. The van der Waals surface area contributed by atoms with Crippen molar-refractivity contribution >= 4 is 26.1 Å². The first-order chi connectivity index (χ1) is 7.49. The number of hydrogen-bond acceptors (Lipinski definition) is 4. The molecule has 1 rings (SSSR count). The molecule has 0 fully saturated rings. The van der Waals surface area contributed by atoms with Crippen LogP contribution in [0.1, 0.15) is 5.56 Å². The van der Waals surface area contributed by atoms with Gasteiger partial charge in [0.05, 0.1) is 12.0 Å². The minimum absolute atomic E-state index is 0.0299. The highest BCUT2D eigenvalue weighted by atomic mass is 35.7. The van der Waals surface area contributed by atoms with Gasteiger partial charge in [-0.3, -0.25) is 4.79 Å².